The van der Waals surface area contributed by atoms with Crippen LogP contribution in [0.3, 0.4) is 0 Å². The average Bonchev–Trinajstić information content (AvgIpc) is 3.47. The van der Waals surface area contributed by atoms with Crippen molar-refractivity contribution in [2.45, 2.75) is 159 Å². The highest BCUT2D eigenvalue weighted by Crippen LogP contribution is 2.58. The van der Waals surface area contributed by atoms with Gasteiger partial charge in [-0.25, -0.2) is 9.13 Å². The van der Waals surface area contributed by atoms with Gasteiger partial charge in [0.1, 0.15) is 0 Å². The van der Waals surface area contributed by atoms with Crippen LogP contribution in [0.25, 0.3) is 0 Å². The molecule has 9 nitrogen and oxygen atoms in total. The Bertz CT molecular complexity index is 892. The second-order valence-electron chi connectivity index (χ2n) is 13.0. The van der Waals surface area contributed by atoms with Gasteiger partial charge in [-0.2, -0.15) is 0 Å². The number of phosphoric acid groups is 1. The maximum Gasteiger partial charge on any atom is 0.472 e. The SMILES string of the molecule is O=P1(O)OC[C@@H]2C[C@@H](OP(=O)(S)OC[C@H]3C[C@@H](OC4CCCCCCCCC4)C[C@@H]3O1)C(C1CCCCCCC1)O2. The number of phosphoric ester groups is 1. The molecule has 2 saturated heterocycles. The zero-order valence-corrected chi connectivity index (χ0v) is 27.2. The highest BCUT2D eigenvalue weighted by Gasteiger charge is 2.47. The normalized spacial score (nSPS) is 43.6. The van der Waals surface area contributed by atoms with Gasteiger partial charge in [0.15, 0.2) is 0 Å². The number of hydrogen-bond acceptors (Lipinski definition) is 8. The quantitative estimate of drug-likeness (QED) is 0.234. The van der Waals surface area contributed by atoms with Crippen LogP contribution in [0.1, 0.15) is 122 Å². The zero-order valence-electron chi connectivity index (χ0n) is 24.5. The largest absolute Gasteiger partial charge is 0.472 e. The first-order valence-corrected chi connectivity index (χ1v) is 20.6. The van der Waals surface area contributed by atoms with Crippen LogP contribution in [-0.4, -0.2) is 54.7 Å². The number of fused-ring (bicyclic) bond motifs is 3. The van der Waals surface area contributed by atoms with Crippen LogP contribution in [0, 0.1) is 11.8 Å². The molecule has 2 heterocycles. The van der Waals surface area contributed by atoms with E-state index in [0.717, 1.165) is 51.4 Å². The van der Waals surface area contributed by atoms with Gasteiger partial charge < -0.3 is 18.9 Å². The van der Waals surface area contributed by atoms with E-state index in [1.165, 1.54) is 51.4 Å². The van der Waals surface area contributed by atoms with E-state index >= 15 is 0 Å². The molecular weight excluding hydrogens is 586 g/mol. The number of hydrogen-bond donors (Lipinski definition) is 2. The molecule has 5 rings (SSSR count). The summed E-state index contributed by atoms with van der Waals surface area (Å²) in [6, 6.07) is 0. The van der Waals surface area contributed by atoms with Crippen LogP contribution in [0.15, 0.2) is 0 Å². The summed E-state index contributed by atoms with van der Waals surface area (Å²) < 4.78 is 62.7. The molecule has 0 amide bonds. The molecule has 238 valence electrons. The molecule has 1 N–H and O–H groups in total. The van der Waals surface area contributed by atoms with Gasteiger partial charge in [0.25, 0.3) is 0 Å². The standard InChI is InChI=1S/C29H52O9P2S/c30-39(31)33-21-26-19-28(29(36-26)22-13-9-5-4-6-10-14-22)38-40(32,41)34-20-23-17-25(18-27(23)37-39)35-24-15-11-7-2-1-3-8-12-16-24/h22-29H,1-21H2,(H,30,31)(H,32,41)/t23-,25-,26+,27+,28-,29?,40?/m1/s1. The fourth-order valence-corrected chi connectivity index (χ4v) is 10.2. The molecule has 2 aliphatic heterocycles. The van der Waals surface area contributed by atoms with Gasteiger partial charge >= 0.3 is 14.6 Å². The lowest BCUT2D eigenvalue weighted by molar-refractivity contribution is -0.0467. The Morgan fingerprint density at radius 3 is 1.90 bits per heavy atom. The molecule has 3 unspecified atom stereocenters. The Kier molecular flexibility index (Phi) is 12.6. The maximum absolute atomic E-state index is 13.5. The fraction of sp³-hybridized carbons (Fsp3) is 1.00. The average molecular weight is 639 g/mol. The zero-order chi connectivity index (χ0) is 28.7. The van der Waals surface area contributed by atoms with Crippen molar-refractivity contribution in [1.82, 2.24) is 0 Å². The van der Waals surface area contributed by atoms with E-state index in [2.05, 4.69) is 12.2 Å². The van der Waals surface area contributed by atoms with Crippen molar-refractivity contribution in [1.29, 1.82) is 0 Å². The number of rotatable bonds is 3. The van der Waals surface area contributed by atoms with Gasteiger partial charge in [-0.15, -0.1) is 0 Å². The molecule has 8 atom stereocenters. The van der Waals surface area contributed by atoms with Crippen LogP contribution in [0.2, 0.25) is 0 Å². The highest BCUT2D eigenvalue weighted by molar-refractivity contribution is 8.44. The molecular formula is C29H52O9P2S. The van der Waals surface area contributed by atoms with Crippen LogP contribution in [0.5, 0.6) is 0 Å². The molecule has 0 aromatic rings. The second-order valence-corrected chi connectivity index (χ2v) is 17.3. The Labute approximate surface area is 251 Å². The van der Waals surface area contributed by atoms with Crippen LogP contribution < -0.4 is 0 Å². The molecule has 0 radical (unpaired) electrons. The predicted molar refractivity (Wildman–Crippen MR) is 160 cm³/mol. The Morgan fingerprint density at radius 2 is 1.24 bits per heavy atom. The van der Waals surface area contributed by atoms with Gasteiger partial charge in [-0.05, 0) is 38.0 Å². The smallest absolute Gasteiger partial charge is 0.375 e. The third-order valence-corrected chi connectivity index (χ3v) is 12.4. The summed E-state index contributed by atoms with van der Waals surface area (Å²) in [6.45, 7) is -3.76. The first-order valence-electron chi connectivity index (χ1n) is 16.4. The molecule has 12 heteroatoms. The fourth-order valence-electron chi connectivity index (χ4n) is 7.60. The lowest BCUT2D eigenvalue weighted by Gasteiger charge is -2.31. The van der Waals surface area contributed by atoms with Crippen molar-refractivity contribution in [2.24, 2.45) is 11.8 Å². The van der Waals surface area contributed by atoms with Gasteiger partial charge in [0.2, 0.25) is 0 Å². The lowest BCUT2D eigenvalue weighted by atomic mass is 9.85. The first kappa shape index (κ1) is 32.9. The van der Waals surface area contributed by atoms with Crippen molar-refractivity contribution < 1.29 is 41.6 Å². The van der Waals surface area contributed by atoms with Gasteiger partial charge in [0.05, 0.1) is 49.8 Å². The van der Waals surface area contributed by atoms with E-state index in [4.69, 9.17) is 27.6 Å². The van der Waals surface area contributed by atoms with E-state index < -0.39 is 32.9 Å². The Balaban J connectivity index is 1.25. The summed E-state index contributed by atoms with van der Waals surface area (Å²) in [7, 11) is -4.36. The summed E-state index contributed by atoms with van der Waals surface area (Å²) in [4.78, 5) is 10.7. The van der Waals surface area contributed by atoms with Crippen molar-refractivity contribution >= 4 is 26.9 Å². The van der Waals surface area contributed by atoms with E-state index in [-0.39, 0.29) is 43.4 Å². The summed E-state index contributed by atoms with van der Waals surface area (Å²) in [5, 5.41) is 0. The van der Waals surface area contributed by atoms with E-state index in [9.17, 15) is 14.0 Å². The first-order chi connectivity index (χ1) is 19.8. The van der Waals surface area contributed by atoms with E-state index in [1.807, 2.05) is 0 Å². The van der Waals surface area contributed by atoms with Gasteiger partial charge in [-0.1, -0.05) is 89.3 Å². The van der Waals surface area contributed by atoms with E-state index in [0.29, 0.717) is 19.3 Å². The maximum atomic E-state index is 13.5. The molecule has 41 heavy (non-hydrogen) atoms. The number of ether oxygens (including phenoxy) is 2. The minimum absolute atomic E-state index is 0.0427. The Morgan fingerprint density at radius 1 is 0.634 bits per heavy atom. The second kappa shape index (κ2) is 15.7. The molecule has 0 aromatic carbocycles. The molecule has 5 aliphatic rings. The molecule has 2 bridgehead atoms. The molecule has 5 fully saturated rings. The van der Waals surface area contributed by atoms with Gasteiger partial charge in [0, 0.05) is 18.8 Å². The molecule has 0 aromatic heterocycles. The van der Waals surface area contributed by atoms with Crippen LogP contribution in [0.4, 0.5) is 0 Å². The van der Waals surface area contributed by atoms with Crippen molar-refractivity contribution in [2.75, 3.05) is 13.2 Å². The topological polar surface area (TPSA) is 110 Å². The third-order valence-electron chi connectivity index (χ3n) is 9.76. The summed E-state index contributed by atoms with van der Waals surface area (Å²) in [6.07, 6.45) is 18.4. The van der Waals surface area contributed by atoms with Crippen molar-refractivity contribution in [3.05, 3.63) is 0 Å². The summed E-state index contributed by atoms with van der Waals surface area (Å²) in [5.74, 6) is -0.0222. The monoisotopic (exact) mass is 638 g/mol. The molecule has 3 aliphatic carbocycles. The highest BCUT2D eigenvalue weighted by atomic mass is 32.7. The van der Waals surface area contributed by atoms with Crippen LogP contribution >= 0.6 is 26.9 Å². The lowest BCUT2D eigenvalue weighted by Crippen LogP contribution is -2.32. The van der Waals surface area contributed by atoms with Crippen molar-refractivity contribution in [3.8, 4) is 0 Å². The number of thiol groups is 1. The Hall–Kier alpha value is 0.530. The van der Waals surface area contributed by atoms with Crippen molar-refractivity contribution in [3.63, 3.8) is 0 Å². The van der Waals surface area contributed by atoms with Gasteiger partial charge in [-0.3, -0.25) is 13.6 Å². The molecule has 0 spiro atoms. The minimum atomic E-state index is -4.36. The predicted octanol–water partition coefficient (Wildman–Crippen LogP) is 8.15. The molecule has 3 saturated carbocycles. The van der Waals surface area contributed by atoms with E-state index in [1.54, 1.807) is 0 Å². The summed E-state index contributed by atoms with van der Waals surface area (Å²) >= 11 is 4.36. The summed E-state index contributed by atoms with van der Waals surface area (Å²) in [5.41, 5.74) is 0. The third kappa shape index (κ3) is 10.3. The minimum Gasteiger partial charge on any atom is -0.375 e. The van der Waals surface area contributed by atoms with Crippen LogP contribution in [-0.2, 0) is 36.7 Å².